The zero-order valence-electron chi connectivity index (χ0n) is 22.4. The van der Waals surface area contributed by atoms with Crippen LogP contribution in [0.1, 0.15) is 59.2 Å². The average Bonchev–Trinajstić information content (AvgIpc) is 3.40. The van der Waals surface area contributed by atoms with Crippen molar-refractivity contribution in [1.29, 1.82) is 0 Å². The van der Waals surface area contributed by atoms with E-state index in [0.29, 0.717) is 11.5 Å². The van der Waals surface area contributed by atoms with E-state index in [-0.39, 0.29) is 18.0 Å². The summed E-state index contributed by atoms with van der Waals surface area (Å²) in [4.78, 5) is 18.9. The number of hydrogen-bond acceptors (Lipinski definition) is 3. The standard InChI is InChI=1S/C31H33N5OS/c1-6-28(37)33-26-14-13-24(17-20(26)3)36-30(29(34-31(36)38)27-12-7-8-15-32-27)25-18-21(4)35(22(25)5)23-11-9-10-19(2)16-23/h7-18,29-30H,6H2,1-5H3,(H,33,37)(H,34,38)/t29-,30+/m1/s1. The molecule has 0 bridgehead atoms. The van der Waals surface area contributed by atoms with Crippen molar-refractivity contribution in [1.82, 2.24) is 14.9 Å². The molecule has 2 N–H and O–H groups in total. The first kappa shape index (κ1) is 25.7. The number of amides is 1. The minimum Gasteiger partial charge on any atom is -0.351 e. The normalized spacial score (nSPS) is 17.0. The Morgan fingerprint density at radius 3 is 2.50 bits per heavy atom. The quantitative estimate of drug-likeness (QED) is 0.278. The Kier molecular flexibility index (Phi) is 7.04. The molecule has 5 rings (SSSR count). The van der Waals surface area contributed by atoms with E-state index in [1.54, 1.807) is 0 Å². The number of nitrogens with zero attached hydrogens (tertiary/aromatic N) is 3. The van der Waals surface area contributed by atoms with Crippen molar-refractivity contribution in [2.24, 2.45) is 0 Å². The third-order valence-corrected chi connectivity index (χ3v) is 7.54. The van der Waals surface area contributed by atoms with Crippen molar-refractivity contribution < 1.29 is 4.79 Å². The maximum atomic E-state index is 12.0. The lowest BCUT2D eigenvalue weighted by atomic mass is 9.96. The zero-order valence-corrected chi connectivity index (χ0v) is 23.3. The van der Waals surface area contributed by atoms with Crippen LogP contribution in [0.4, 0.5) is 11.4 Å². The second-order valence-corrected chi connectivity index (χ2v) is 10.3. The summed E-state index contributed by atoms with van der Waals surface area (Å²) < 4.78 is 2.31. The van der Waals surface area contributed by atoms with Crippen LogP contribution in [0.15, 0.2) is 72.9 Å². The predicted molar refractivity (Wildman–Crippen MR) is 158 cm³/mol. The van der Waals surface area contributed by atoms with Crippen LogP contribution in [-0.4, -0.2) is 20.6 Å². The smallest absolute Gasteiger partial charge is 0.224 e. The van der Waals surface area contributed by atoms with Crippen LogP contribution in [0.2, 0.25) is 0 Å². The first-order chi connectivity index (χ1) is 18.3. The number of aromatic nitrogens is 2. The molecule has 1 amide bonds. The molecule has 1 aliphatic rings. The molecule has 2 aromatic heterocycles. The Labute approximate surface area is 229 Å². The van der Waals surface area contributed by atoms with Gasteiger partial charge in [-0.1, -0.05) is 25.1 Å². The van der Waals surface area contributed by atoms with Crippen molar-refractivity contribution in [2.75, 3.05) is 10.2 Å². The van der Waals surface area contributed by atoms with E-state index in [1.165, 1.54) is 16.8 Å². The molecule has 2 atom stereocenters. The molecule has 194 valence electrons. The van der Waals surface area contributed by atoms with Gasteiger partial charge in [-0.15, -0.1) is 0 Å². The Bertz CT molecular complexity index is 1510. The van der Waals surface area contributed by atoms with Crippen molar-refractivity contribution >= 4 is 34.6 Å². The van der Waals surface area contributed by atoms with Gasteiger partial charge < -0.3 is 20.1 Å². The van der Waals surface area contributed by atoms with Crippen molar-refractivity contribution in [3.8, 4) is 5.69 Å². The SMILES string of the molecule is CCC(=O)Nc1ccc(N2C(=S)N[C@H](c3ccccn3)[C@@H]2c2cc(C)n(-c3cccc(C)c3)c2C)cc1C. The van der Waals surface area contributed by atoms with E-state index >= 15 is 0 Å². The van der Waals surface area contributed by atoms with Gasteiger partial charge in [-0.05, 0) is 105 Å². The van der Waals surface area contributed by atoms with Crippen LogP contribution in [0.3, 0.4) is 0 Å². The summed E-state index contributed by atoms with van der Waals surface area (Å²) in [6.45, 7) is 10.3. The molecular formula is C31H33N5OS. The summed E-state index contributed by atoms with van der Waals surface area (Å²) in [7, 11) is 0. The van der Waals surface area contributed by atoms with Crippen LogP contribution >= 0.6 is 12.2 Å². The number of hydrogen-bond donors (Lipinski definition) is 2. The number of thiocarbonyl (C=S) groups is 1. The van der Waals surface area contributed by atoms with Gasteiger partial charge in [0.2, 0.25) is 5.91 Å². The van der Waals surface area contributed by atoms with E-state index in [0.717, 1.165) is 34.0 Å². The van der Waals surface area contributed by atoms with Crippen molar-refractivity contribution in [3.63, 3.8) is 0 Å². The molecule has 3 heterocycles. The van der Waals surface area contributed by atoms with Crippen LogP contribution < -0.4 is 15.5 Å². The molecule has 1 aliphatic heterocycles. The van der Waals surface area contributed by atoms with Gasteiger partial charge in [0, 0.05) is 41.1 Å². The Morgan fingerprint density at radius 1 is 1.00 bits per heavy atom. The van der Waals surface area contributed by atoms with Crippen molar-refractivity contribution in [2.45, 2.75) is 53.1 Å². The molecule has 7 heteroatoms. The Hall–Kier alpha value is -3.97. The molecule has 1 saturated heterocycles. The van der Waals surface area contributed by atoms with Gasteiger partial charge >= 0.3 is 0 Å². The lowest BCUT2D eigenvalue weighted by molar-refractivity contribution is -0.115. The number of anilines is 2. The van der Waals surface area contributed by atoms with Crippen LogP contribution in [0, 0.1) is 27.7 Å². The van der Waals surface area contributed by atoms with Gasteiger partial charge in [-0.3, -0.25) is 9.78 Å². The van der Waals surface area contributed by atoms with Gasteiger partial charge in [0.25, 0.3) is 0 Å². The van der Waals surface area contributed by atoms with Gasteiger partial charge in [-0.25, -0.2) is 0 Å². The topological polar surface area (TPSA) is 62.2 Å². The number of rotatable bonds is 6. The molecular weight excluding hydrogens is 490 g/mol. The van der Waals surface area contributed by atoms with Gasteiger partial charge in [0.15, 0.2) is 5.11 Å². The molecule has 0 unspecified atom stereocenters. The number of pyridine rings is 1. The van der Waals surface area contributed by atoms with Gasteiger partial charge in [0.05, 0.1) is 17.8 Å². The average molecular weight is 524 g/mol. The summed E-state index contributed by atoms with van der Waals surface area (Å²) in [5, 5.41) is 7.20. The molecule has 2 aromatic carbocycles. The highest BCUT2D eigenvalue weighted by atomic mass is 32.1. The molecule has 38 heavy (non-hydrogen) atoms. The highest BCUT2D eigenvalue weighted by Crippen LogP contribution is 2.44. The fraction of sp³-hybridized carbons (Fsp3) is 0.258. The number of benzene rings is 2. The molecule has 0 spiro atoms. The van der Waals surface area contributed by atoms with Gasteiger partial charge in [-0.2, -0.15) is 0 Å². The highest BCUT2D eigenvalue weighted by Gasteiger charge is 2.42. The molecule has 6 nitrogen and oxygen atoms in total. The number of carbonyl (C=O) groups is 1. The lowest BCUT2D eigenvalue weighted by Crippen LogP contribution is -2.29. The van der Waals surface area contributed by atoms with E-state index in [1.807, 2.05) is 50.4 Å². The fourth-order valence-electron chi connectivity index (χ4n) is 5.38. The first-order valence-corrected chi connectivity index (χ1v) is 13.4. The van der Waals surface area contributed by atoms with E-state index in [4.69, 9.17) is 17.2 Å². The maximum Gasteiger partial charge on any atom is 0.224 e. The first-order valence-electron chi connectivity index (χ1n) is 13.0. The molecule has 1 fully saturated rings. The van der Waals surface area contributed by atoms with Gasteiger partial charge in [0.1, 0.15) is 0 Å². The van der Waals surface area contributed by atoms with Crippen LogP contribution in [0.25, 0.3) is 5.69 Å². The third kappa shape index (κ3) is 4.70. The Balaban J connectivity index is 1.64. The molecule has 0 saturated carbocycles. The van der Waals surface area contributed by atoms with E-state index in [2.05, 4.69) is 77.3 Å². The minimum absolute atomic E-state index is 0.00380. The molecule has 0 aliphatic carbocycles. The summed E-state index contributed by atoms with van der Waals surface area (Å²) in [6.07, 6.45) is 2.26. The number of carbonyl (C=O) groups excluding carboxylic acids is 1. The second-order valence-electron chi connectivity index (χ2n) is 9.90. The monoisotopic (exact) mass is 523 g/mol. The summed E-state index contributed by atoms with van der Waals surface area (Å²) in [5.74, 6) is -0.00380. The number of nitrogens with one attached hydrogen (secondary N) is 2. The zero-order chi connectivity index (χ0) is 27.0. The maximum absolute atomic E-state index is 12.0. The van der Waals surface area contributed by atoms with E-state index < -0.39 is 0 Å². The summed E-state index contributed by atoms with van der Waals surface area (Å²) in [5.41, 5.74) is 9.59. The third-order valence-electron chi connectivity index (χ3n) is 7.23. The second kappa shape index (κ2) is 10.4. The summed E-state index contributed by atoms with van der Waals surface area (Å²) >= 11 is 5.95. The van der Waals surface area contributed by atoms with E-state index in [9.17, 15) is 4.79 Å². The van der Waals surface area contributed by atoms with Crippen molar-refractivity contribution in [3.05, 3.63) is 107 Å². The minimum atomic E-state index is -0.130. The van der Waals surface area contributed by atoms with Crippen LogP contribution in [-0.2, 0) is 4.79 Å². The van der Waals surface area contributed by atoms with Crippen LogP contribution in [0.5, 0.6) is 0 Å². The lowest BCUT2D eigenvalue weighted by Gasteiger charge is -2.29. The number of aryl methyl sites for hydroxylation is 3. The summed E-state index contributed by atoms with van der Waals surface area (Å²) in [6, 6.07) is 22.7. The highest BCUT2D eigenvalue weighted by molar-refractivity contribution is 7.80. The predicted octanol–water partition coefficient (Wildman–Crippen LogP) is 6.63. The fourth-order valence-corrected chi connectivity index (χ4v) is 5.72. The largest absolute Gasteiger partial charge is 0.351 e. The molecule has 4 aromatic rings. The Morgan fingerprint density at radius 2 is 1.82 bits per heavy atom. The molecule has 0 radical (unpaired) electrons.